The van der Waals surface area contributed by atoms with Crippen LogP contribution >= 0.6 is 0 Å². The lowest BCUT2D eigenvalue weighted by Crippen LogP contribution is -2.26. The molecule has 66 valence electrons. The van der Waals surface area contributed by atoms with Crippen LogP contribution < -0.4 is 5.32 Å². The van der Waals surface area contributed by atoms with E-state index in [1.807, 2.05) is 5.92 Å². The van der Waals surface area contributed by atoms with Crippen LogP contribution in [0.25, 0.3) is 0 Å². The summed E-state index contributed by atoms with van der Waals surface area (Å²) in [7, 11) is 0. The van der Waals surface area contributed by atoms with Crippen molar-refractivity contribution in [2.75, 3.05) is 13.1 Å². The molecule has 1 fully saturated rings. The predicted octanol–water partition coefficient (Wildman–Crippen LogP) is 1.61. The summed E-state index contributed by atoms with van der Waals surface area (Å²) in [6.07, 6.45) is 8.93. The van der Waals surface area contributed by atoms with Gasteiger partial charge in [-0.3, -0.25) is 11.8 Å². The number of hydrogen-bond acceptors (Lipinski definition) is 1. The quantitative estimate of drug-likeness (QED) is 0.421. The molecular weight excluding hydrogens is 146 g/mol. The molecule has 0 bridgehead atoms. The van der Waals surface area contributed by atoms with Crippen LogP contribution in [0.4, 0.5) is 0 Å². The zero-order valence-corrected chi connectivity index (χ0v) is 7.91. The van der Waals surface area contributed by atoms with Gasteiger partial charge in [-0.15, -0.1) is 0 Å². The minimum absolute atomic E-state index is 0.973. The normalized spacial score (nSPS) is 16.1. The standard InChI is InChI=1S/C6H13N.C5H3/c1-6-2-4-7-5-3-6;1-3-5-4-2/h6-7H,2-5H2,1H3;1H3/q;-1. The second-order valence-corrected chi connectivity index (χ2v) is 2.93. The molecule has 1 heteroatoms. The Balaban J connectivity index is 0.000000217. The SMILES string of the molecule is CC1CCNCC1.[C-]#CC#CC. The smallest absolute Gasteiger partial charge is 0.00464 e. The number of rotatable bonds is 0. The monoisotopic (exact) mass is 162 g/mol. The Morgan fingerprint density at radius 1 is 1.33 bits per heavy atom. The van der Waals surface area contributed by atoms with Gasteiger partial charge in [-0.1, -0.05) is 6.92 Å². The summed E-state index contributed by atoms with van der Waals surface area (Å²) in [6, 6.07) is 0. The third-order valence-electron chi connectivity index (χ3n) is 1.82. The molecular formula is C11H16N-. The molecule has 0 aromatic heterocycles. The maximum atomic E-state index is 6.18. The van der Waals surface area contributed by atoms with Gasteiger partial charge in [0.1, 0.15) is 0 Å². The van der Waals surface area contributed by atoms with E-state index in [2.05, 4.69) is 24.1 Å². The van der Waals surface area contributed by atoms with E-state index in [1.165, 1.54) is 25.9 Å². The summed E-state index contributed by atoms with van der Waals surface area (Å²) in [4.78, 5) is 0. The summed E-state index contributed by atoms with van der Waals surface area (Å²) < 4.78 is 0. The lowest BCUT2D eigenvalue weighted by molar-refractivity contribution is 0.402. The Morgan fingerprint density at radius 2 is 1.92 bits per heavy atom. The molecule has 1 aliphatic rings. The number of hydrogen-bond donors (Lipinski definition) is 1. The van der Waals surface area contributed by atoms with E-state index in [0.717, 1.165) is 5.92 Å². The fourth-order valence-electron chi connectivity index (χ4n) is 1.03. The van der Waals surface area contributed by atoms with Crippen molar-refractivity contribution < 1.29 is 0 Å². The molecule has 0 saturated carbocycles. The van der Waals surface area contributed by atoms with Crippen LogP contribution in [0.2, 0.25) is 0 Å². The van der Waals surface area contributed by atoms with Gasteiger partial charge in [0.2, 0.25) is 0 Å². The van der Waals surface area contributed by atoms with E-state index in [1.54, 1.807) is 6.92 Å². The van der Waals surface area contributed by atoms with E-state index < -0.39 is 0 Å². The van der Waals surface area contributed by atoms with Gasteiger partial charge in [0.25, 0.3) is 0 Å². The second kappa shape index (κ2) is 8.18. The first-order valence-electron chi connectivity index (χ1n) is 4.35. The van der Waals surface area contributed by atoms with Crippen LogP contribution in [-0.2, 0) is 0 Å². The fraction of sp³-hybridized carbons (Fsp3) is 0.636. The summed E-state index contributed by atoms with van der Waals surface area (Å²) >= 11 is 0. The summed E-state index contributed by atoms with van der Waals surface area (Å²) in [6.45, 7) is 6.46. The molecule has 0 spiro atoms. The molecule has 1 N–H and O–H groups in total. The topological polar surface area (TPSA) is 12.0 Å². The maximum absolute atomic E-state index is 6.18. The number of piperidine rings is 1. The molecule has 0 radical (unpaired) electrons. The molecule has 1 saturated heterocycles. The van der Waals surface area contributed by atoms with Crippen LogP contribution in [0.15, 0.2) is 0 Å². The Hall–Kier alpha value is -0.920. The van der Waals surface area contributed by atoms with E-state index in [-0.39, 0.29) is 0 Å². The van der Waals surface area contributed by atoms with E-state index in [9.17, 15) is 0 Å². The third kappa shape index (κ3) is 7.19. The largest absolute Gasteiger partial charge is 0.358 e. The van der Waals surface area contributed by atoms with Gasteiger partial charge in [-0.2, -0.15) is 0 Å². The van der Waals surface area contributed by atoms with Gasteiger partial charge in [0.15, 0.2) is 0 Å². The highest BCUT2D eigenvalue weighted by Crippen LogP contribution is 2.08. The van der Waals surface area contributed by atoms with Crippen molar-refractivity contribution in [2.24, 2.45) is 5.92 Å². The summed E-state index contributed by atoms with van der Waals surface area (Å²) in [5.74, 6) is 7.63. The Bertz CT molecular complexity index is 183. The highest BCUT2D eigenvalue weighted by molar-refractivity contribution is 5.17. The maximum Gasteiger partial charge on any atom is -0.00464 e. The number of nitrogens with one attached hydrogen (secondary N) is 1. The predicted molar refractivity (Wildman–Crippen MR) is 51.8 cm³/mol. The molecule has 0 atom stereocenters. The summed E-state index contributed by atoms with van der Waals surface area (Å²) in [5, 5.41) is 3.32. The van der Waals surface area contributed by atoms with Crippen LogP contribution in [0, 0.1) is 30.1 Å². The molecule has 0 aromatic rings. The Morgan fingerprint density at radius 3 is 2.08 bits per heavy atom. The van der Waals surface area contributed by atoms with Gasteiger partial charge in [-0.25, -0.2) is 5.92 Å². The van der Waals surface area contributed by atoms with Crippen molar-refractivity contribution in [3.8, 4) is 17.8 Å². The van der Waals surface area contributed by atoms with Crippen molar-refractivity contribution in [3.63, 3.8) is 0 Å². The zero-order valence-electron chi connectivity index (χ0n) is 7.91. The first-order valence-corrected chi connectivity index (χ1v) is 4.35. The highest BCUT2D eigenvalue weighted by Gasteiger charge is 2.04. The van der Waals surface area contributed by atoms with Crippen LogP contribution in [0.1, 0.15) is 26.7 Å². The molecule has 1 heterocycles. The van der Waals surface area contributed by atoms with Crippen molar-refractivity contribution >= 4 is 0 Å². The van der Waals surface area contributed by atoms with Crippen LogP contribution in [-0.4, -0.2) is 13.1 Å². The van der Waals surface area contributed by atoms with Gasteiger partial charge >= 0.3 is 0 Å². The average Bonchev–Trinajstić information content (AvgIpc) is 2.08. The molecule has 0 aliphatic carbocycles. The van der Waals surface area contributed by atoms with Crippen molar-refractivity contribution in [1.29, 1.82) is 0 Å². The zero-order chi connectivity index (χ0) is 9.23. The van der Waals surface area contributed by atoms with Crippen LogP contribution in [0.3, 0.4) is 0 Å². The van der Waals surface area contributed by atoms with Crippen molar-refractivity contribution in [3.05, 3.63) is 6.42 Å². The van der Waals surface area contributed by atoms with Gasteiger partial charge < -0.3 is 11.7 Å². The first kappa shape index (κ1) is 11.1. The van der Waals surface area contributed by atoms with Gasteiger partial charge in [-0.05, 0) is 38.8 Å². The molecule has 12 heavy (non-hydrogen) atoms. The van der Waals surface area contributed by atoms with Crippen molar-refractivity contribution in [1.82, 2.24) is 5.32 Å². The molecule has 0 aromatic carbocycles. The lowest BCUT2D eigenvalue weighted by atomic mass is 10.0. The highest BCUT2D eigenvalue weighted by atomic mass is 14.9. The van der Waals surface area contributed by atoms with Gasteiger partial charge in [0, 0.05) is 0 Å². The third-order valence-corrected chi connectivity index (χ3v) is 1.82. The first-order chi connectivity index (χ1) is 5.81. The van der Waals surface area contributed by atoms with E-state index in [0.29, 0.717) is 0 Å². The fourth-order valence-corrected chi connectivity index (χ4v) is 1.03. The molecule has 1 rings (SSSR count). The molecule has 1 aliphatic heterocycles. The lowest BCUT2D eigenvalue weighted by Gasteiger charge is -2.17. The average molecular weight is 162 g/mol. The van der Waals surface area contributed by atoms with Crippen molar-refractivity contribution in [2.45, 2.75) is 26.7 Å². The second-order valence-electron chi connectivity index (χ2n) is 2.93. The van der Waals surface area contributed by atoms with E-state index in [4.69, 9.17) is 6.42 Å². The van der Waals surface area contributed by atoms with Gasteiger partial charge in [0.05, 0.1) is 0 Å². The van der Waals surface area contributed by atoms with Crippen LogP contribution in [0.5, 0.6) is 0 Å². The molecule has 1 nitrogen and oxygen atoms in total. The van der Waals surface area contributed by atoms with E-state index >= 15 is 0 Å². The summed E-state index contributed by atoms with van der Waals surface area (Å²) in [5.41, 5.74) is 0. The molecule has 0 unspecified atom stereocenters. The minimum atomic E-state index is 0.973. The minimum Gasteiger partial charge on any atom is -0.358 e. The Kier molecular flexibility index (Phi) is 7.55. The molecule has 0 amide bonds. The Labute approximate surface area is 75.9 Å².